The zero-order valence-electron chi connectivity index (χ0n) is 3.02. The molecular formula is C3H6BN. The van der Waals surface area contributed by atoms with Crippen molar-refractivity contribution in [2.75, 3.05) is 0 Å². The molecule has 2 N–H and O–H groups in total. The normalized spacial score (nSPS) is 49.0. The van der Waals surface area contributed by atoms with Crippen LogP contribution in [0, 0.1) is 0 Å². The zero-order valence-corrected chi connectivity index (χ0v) is 3.02. The summed E-state index contributed by atoms with van der Waals surface area (Å²) >= 11 is 0. The lowest BCUT2D eigenvalue weighted by Crippen LogP contribution is -1.98. The van der Waals surface area contributed by atoms with E-state index in [1.807, 2.05) is 0 Å². The number of hydrogen-bond acceptors (Lipinski definition) is 1. The maximum Gasteiger partial charge on any atom is 0.0721 e. The van der Waals surface area contributed by atoms with E-state index in [1.165, 1.54) is 0 Å². The number of rotatable bonds is 0. The summed E-state index contributed by atoms with van der Waals surface area (Å²) in [6.07, 6.45) is 1.03. The van der Waals surface area contributed by atoms with Crippen molar-refractivity contribution in [3.63, 3.8) is 0 Å². The minimum Gasteiger partial charge on any atom is -0.328 e. The predicted octanol–water partition coefficient (Wildman–Crippen LogP) is -0.326. The van der Waals surface area contributed by atoms with E-state index in [2.05, 4.69) is 0 Å². The van der Waals surface area contributed by atoms with Gasteiger partial charge in [-0.3, -0.25) is 0 Å². The quantitative estimate of drug-likeness (QED) is 0.386. The maximum atomic E-state index is 5.24. The third-order valence-electron chi connectivity index (χ3n) is 0.891. The van der Waals surface area contributed by atoms with Crippen molar-refractivity contribution < 1.29 is 0 Å². The molecule has 1 nitrogen and oxygen atoms in total. The molecule has 0 heterocycles. The van der Waals surface area contributed by atoms with Gasteiger partial charge in [-0.1, -0.05) is 5.82 Å². The topological polar surface area (TPSA) is 26.0 Å². The summed E-state index contributed by atoms with van der Waals surface area (Å²) in [6, 6.07) is 0.329. The van der Waals surface area contributed by atoms with E-state index in [9.17, 15) is 0 Å². The molecule has 0 aromatic rings. The molecule has 1 saturated carbocycles. The Bertz CT molecular complexity index is 40.2. The van der Waals surface area contributed by atoms with E-state index in [0.717, 1.165) is 6.42 Å². The van der Waals surface area contributed by atoms with Crippen LogP contribution in [0.25, 0.3) is 0 Å². The Balaban J connectivity index is 2.20. The number of hydrogen-bond donors (Lipinski definition) is 1. The average Bonchev–Trinajstić information content (AvgIpc) is 1.79. The minimum absolute atomic E-state index is 0.329. The molecule has 0 amide bonds. The molecule has 1 unspecified atom stereocenters. The van der Waals surface area contributed by atoms with Crippen molar-refractivity contribution in [2.45, 2.75) is 18.3 Å². The summed E-state index contributed by atoms with van der Waals surface area (Å²) in [6.45, 7) is 0. The Morgan fingerprint density at radius 2 is 2.00 bits per heavy atom. The van der Waals surface area contributed by atoms with E-state index >= 15 is 0 Å². The molecule has 0 aromatic heterocycles. The van der Waals surface area contributed by atoms with Gasteiger partial charge >= 0.3 is 0 Å². The maximum absolute atomic E-state index is 5.24. The van der Waals surface area contributed by atoms with Crippen LogP contribution in [0.3, 0.4) is 0 Å². The molecule has 0 aromatic carbocycles. The van der Waals surface area contributed by atoms with Gasteiger partial charge in [0.2, 0.25) is 0 Å². The first kappa shape index (κ1) is 3.22. The molecule has 1 aliphatic carbocycles. The van der Waals surface area contributed by atoms with Gasteiger partial charge in [-0.05, 0) is 12.5 Å². The van der Waals surface area contributed by atoms with Crippen LogP contribution in [0.4, 0.5) is 0 Å². The average molecular weight is 66.9 g/mol. The summed E-state index contributed by atoms with van der Waals surface area (Å²) < 4.78 is 0. The summed E-state index contributed by atoms with van der Waals surface area (Å²) in [5, 5.41) is 0. The molecule has 0 aliphatic heterocycles. The molecule has 1 aliphatic rings. The molecular weight excluding hydrogens is 60.9 g/mol. The van der Waals surface area contributed by atoms with Crippen LogP contribution < -0.4 is 5.73 Å². The Morgan fingerprint density at radius 1 is 1.80 bits per heavy atom. The van der Waals surface area contributed by atoms with Gasteiger partial charge in [0, 0.05) is 0 Å². The van der Waals surface area contributed by atoms with E-state index < -0.39 is 0 Å². The van der Waals surface area contributed by atoms with Crippen LogP contribution in [0.15, 0.2) is 0 Å². The highest BCUT2D eigenvalue weighted by molar-refractivity contribution is 6.14. The lowest BCUT2D eigenvalue weighted by Gasteiger charge is -1.69. The molecule has 5 heavy (non-hydrogen) atoms. The summed E-state index contributed by atoms with van der Waals surface area (Å²) in [7, 11) is 5.24. The molecule has 2 heteroatoms. The molecule has 1 rings (SSSR count). The molecule has 0 bridgehead atoms. The van der Waals surface area contributed by atoms with E-state index in [4.69, 9.17) is 13.6 Å². The van der Waals surface area contributed by atoms with Crippen molar-refractivity contribution >= 4 is 7.85 Å². The van der Waals surface area contributed by atoms with E-state index in [1.54, 1.807) is 0 Å². The molecule has 2 atom stereocenters. The Kier molecular flexibility index (Phi) is 0.481. The second-order valence-electron chi connectivity index (χ2n) is 1.56. The van der Waals surface area contributed by atoms with Gasteiger partial charge in [0.25, 0.3) is 0 Å². The highest BCUT2D eigenvalue weighted by Gasteiger charge is 2.26. The van der Waals surface area contributed by atoms with Gasteiger partial charge in [0.15, 0.2) is 0 Å². The lowest BCUT2D eigenvalue weighted by molar-refractivity contribution is 1.07. The van der Waals surface area contributed by atoms with Gasteiger partial charge in [-0.15, -0.1) is 0 Å². The van der Waals surface area contributed by atoms with Gasteiger partial charge < -0.3 is 5.73 Å². The first-order valence-corrected chi connectivity index (χ1v) is 1.82. The molecule has 0 spiro atoms. The Labute approximate surface area is 33.0 Å². The van der Waals surface area contributed by atoms with Gasteiger partial charge in [0.1, 0.15) is 0 Å². The highest BCUT2D eigenvalue weighted by atomic mass is 14.7. The van der Waals surface area contributed by atoms with Crippen molar-refractivity contribution in [3.8, 4) is 0 Å². The van der Waals surface area contributed by atoms with Crippen LogP contribution in [0.2, 0.25) is 5.82 Å². The minimum atomic E-state index is 0.329. The fourth-order valence-corrected chi connectivity index (χ4v) is 0.236. The third kappa shape index (κ3) is 0.455. The van der Waals surface area contributed by atoms with Crippen LogP contribution in [-0.4, -0.2) is 13.9 Å². The fraction of sp³-hybridized carbons (Fsp3) is 1.00. The van der Waals surface area contributed by atoms with Crippen molar-refractivity contribution in [3.05, 3.63) is 0 Å². The first-order chi connectivity index (χ1) is 2.30. The van der Waals surface area contributed by atoms with Gasteiger partial charge in [0.05, 0.1) is 7.85 Å². The predicted molar refractivity (Wildman–Crippen MR) is 22.1 cm³/mol. The SMILES string of the molecule is [B][C@H]1CC1N. The van der Waals surface area contributed by atoms with Crippen LogP contribution in [0.5, 0.6) is 0 Å². The Morgan fingerprint density at radius 3 is 2.00 bits per heavy atom. The van der Waals surface area contributed by atoms with Crippen molar-refractivity contribution in [2.24, 2.45) is 5.73 Å². The fourth-order valence-electron chi connectivity index (χ4n) is 0.236. The first-order valence-electron chi connectivity index (χ1n) is 1.82. The summed E-state index contributed by atoms with van der Waals surface area (Å²) in [5.41, 5.74) is 5.24. The van der Waals surface area contributed by atoms with E-state index in [0.29, 0.717) is 11.9 Å². The van der Waals surface area contributed by atoms with Crippen LogP contribution in [-0.2, 0) is 0 Å². The third-order valence-corrected chi connectivity index (χ3v) is 0.891. The number of nitrogens with two attached hydrogens (primary N) is 1. The Hall–Kier alpha value is 0.0249. The largest absolute Gasteiger partial charge is 0.328 e. The van der Waals surface area contributed by atoms with Crippen molar-refractivity contribution in [1.82, 2.24) is 0 Å². The lowest BCUT2D eigenvalue weighted by atomic mass is 10.0. The summed E-state index contributed by atoms with van der Waals surface area (Å²) in [5.74, 6) is 0.329. The molecule has 26 valence electrons. The van der Waals surface area contributed by atoms with E-state index in [-0.39, 0.29) is 0 Å². The van der Waals surface area contributed by atoms with Gasteiger partial charge in [-0.2, -0.15) is 0 Å². The zero-order chi connectivity index (χ0) is 3.86. The molecule has 0 saturated heterocycles. The standard InChI is InChI=1S/C3H6BN/c4-2-1-3(2)5/h2-3H,1,5H2/t2-,3?/m0/s1. The second-order valence-corrected chi connectivity index (χ2v) is 1.56. The monoisotopic (exact) mass is 67.1 g/mol. The van der Waals surface area contributed by atoms with Gasteiger partial charge in [-0.25, -0.2) is 0 Å². The second kappa shape index (κ2) is 0.746. The van der Waals surface area contributed by atoms with Crippen molar-refractivity contribution in [1.29, 1.82) is 0 Å². The smallest absolute Gasteiger partial charge is 0.0721 e. The highest BCUT2D eigenvalue weighted by Crippen LogP contribution is 2.29. The molecule has 1 fully saturated rings. The van der Waals surface area contributed by atoms with Crippen LogP contribution >= 0.6 is 0 Å². The summed E-state index contributed by atoms with van der Waals surface area (Å²) in [4.78, 5) is 0. The molecule has 2 radical (unpaired) electrons. The van der Waals surface area contributed by atoms with Crippen LogP contribution in [0.1, 0.15) is 6.42 Å².